The molecule has 0 aliphatic carbocycles. The lowest BCUT2D eigenvalue weighted by Gasteiger charge is -2.25. The quantitative estimate of drug-likeness (QED) is 0.856. The van der Waals surface area contributed by atoms with Crippen LogP contribution in [0, 0.1) is 0 Å². The van der Waals surface area contributed by atoms with Crippen LogP contribution in [0.1, 0.15) is 25.8 Å². The minimum absolute atomic E-state index is 0.119. The topological polar surface area (TPSA) is 67.4 Å². The Bertz CT molecular complexity index is 625. The maximum absolute atomic E-state index is 11.4. The van der Waals surface area contributed by atoms with Gasteiger partial charge in [0.2, 0.25) is 0 Å². The summed E-state index contributed by atoms with van der Waals surface area (Å²) < 4.78 is 6.59. The van der Waals surface area contributed by atoms with Gasteiger partial charge in [-0.1, -0.05) is 6.07 Å². The number of hydrogen-bond donors (Lipinski definition) is 2. The number of aliphatic hydroxyl groups is 1. The number of fused-ring (bicyclic) bond motifs is 1. The zero-order chi connectivity index (χ0) is 14.0. The minimum atomic E-state index is -0.347. The van der Waals surface area contributed by atoms with Gasteiger partial charge in [0.25, 0.3) is 0 Å². The molecule has 1 heterocycles. The number of benzene rings is 1. The minimum Gasteiger partial charge on any atom is -0.408 e. The summed E-state index contributed by atoms with van der Waals surface area (Å²) in [5.74, 6) is -0.347. The zero-order valence-corrected chi connectivity index (χ0v) is 11.6. The van der Waals surface area contributed by atoms with Gasteiger partial charge in [0.05, 0.1) is 5.52 Å². The fourth-order valence-electron chi connectivity index (χ4n) is 1.99. The molecular weight excluding hydrogens is 244 g/mol. The lowest BCUT2D eigenvalue weighted by molar-refractivity contribution is 0.230. The first-order valence-electron chi connectivity index (χ1n) is 6.37. The summed E-state index contributed by atoms with van der Waals surface area (Å²) in [6.45, 7) is 4.95. The van der Waals surface area contributed by atoms with E-state index >= 15 is 0 Å². The van der Waals surface area contributed by atoms with Crippen LogP contribution in [-0.2, 0) is 13.6 Å². The van der Waals surface area contributed by atoms with Gasteiger partial charge < -0.3 is 14.8 Å². The van der Waals surface area contributed by atoms with Crippen molar-refractivity contribution in [1.29, 1.82) is 0 Å². The average Bonchev–Trinajstić information content (AvgIpc) is 2.63. The molecule has 0 atom stereocenters. The van der Waals surface area contributed by atoms with E-state index in [4.69, 9.17) is 9.52 Å². The molecule has 2 rings (SSSR count). The molecule has 2 aromatic rings. The number of rotatable bonds is 5. The van der Waals surface area contributed by atoms with Gasteiger partial charge in [0.1, 0.15) is 0 Å². The van der Waals surface area contributed by atoms with Gasteiger partial charge in [0, 0.05) is 25.7 Å². The van der Waals surface area contributed by atoms with Crippen LogP contribution >= 0.6 is 0 Å². The van der Waals surface area contributed by atoms with E-state index in [-0.39, 0.29) is 17.9 Å². The van der Waals surface area contributed by atoms with Crippen LogP contribution in [0.25, 0.3) is 11.1 Å². The van der Waals surface area contributed by atoms with Crippen molar-refractivity contribution < 1.29 is 9.52 Å². The third kappa shape index (κ3) is 3.05. The van der Waals surface area contributed by atoms with Crippen molar-refractivity contribution in [3.05, 3.63) is 34.3 Å². The highest BCUT2D eigenvalue weighted by molar-refractivity contribution is 5.73. The molecule has 0 bridgehead atoms. The summed E-state index contributed by atoms with van der Waals surface area (Å²) >= 11 is 0. The lowest BCUT2D eigenvalue weighted by atomic mass is 10.0. The summed E-state index contributed by atoms with van der Waals surface area (Å²) in [7, 11) is 1.70. The largest absolute Gasteiger partial charge is 0.419 e. The Balaban J connectivity index is 2.18. The van der Waals surface area contributed by atoms with Crippen molar-refractivity contribution >= 4 is 11.1 Å². The SMILES string of the molecule is Cn1c(=O)oc2ccc(CNC(C)(C)CCO)cc21. The van der Waals surface area contributed by atoms with Crippen LogP contribution in [-0.4, -0.2) is 21.8 Å². The second-order valence-corrected chi connectivity index (χ2v) is 5.44. The number of aromatic nitrogens is 1. The van der Waals surface area contributed by atoms with Gasteiger partial charge in [-0.2, -0.15) is 0 Å². The van der Waals surface area contributed by atoms with Crippen LogP contribution in [0.2, 0.25) is 0 Å². The van der Waals surface area contributed by atoms with E-state index in [9.17, 15) is 4.79 Å². The number of aliphatic hydroxyl groups excluding tert-OH is 1. The van der Waals surface area contributed by atoms with Crippen LogP contribution in [0.5, 0.6) is 0 Å². The van der Waals surface area contributed by atoms with E-state index in [1.807, 2.05) is 18.2 Å². The molecule has 0 amide bonds. The van der Waals surface area contributed by atoms with Crippen molar-refractivity contribution in [2.45, 2.75) is 32.4 Å². The Kier molecular flexibility index (Phi) is 3.78. The molecule has 0 fully saturated rings. The molecule has 0 unspecified atom stereocenters. The predicted molar refractivity (Wildman–Crippen MR) is 74.1 cm³/mol. The Morgan fingerprint density at radius 3 is 2.84 bits per heavy atom. The third-order valence-electron chi connectivity index (χ3n) is 3.36. The van der Waals surface area contributed by atoms with E-state index in [0.29, 0.717) is 18.5 Å². The van der Waals surface area contributed by atoms with Gasteiger partial charge in [-0.3, -0.25) is 4.57 Å². The Morgan fingerprint density at radius 1 is 1.42 bits per heavy atom. The highest BCUT2D eigenvalue weighted by atomic mass is 16.4. The number of hydrogen-bond acceptors (Lipinski definition) is 4. The predicted octanol–water partition coefficient (Wildman–Crippen LogP) is 1.38. The molecule has 0 radical (unpaired) electrons. The maximum atomic E-state index is 11.4. The van der Waals surface area contributed by atoms with E-state index < -0.39 is 0 Å². The summed E-state index contributed by atoms with van der Waals surface area (Å²) in [6.07, 6.45) is 0.694. The van der Waals surface area contributed by atoms with Gasteiger partial charge in [0.15, 0.2) is 5.58 Å². The Labute approximate surface area is 111 Å². The van der Waals surface area contributed by atoms with Gasteiger partial charge in [-0.25, -0.2) is 4.79 Å². The molecule has 104 valence electrons. The molecule has 2 N–H and O–H groups in total. The Hall–Kier alpha value is -1.59. The molecule has 0 aliphatic heterocycles. The molecular formula is C14H20N2O3. The van der Waals surface area contributed by atoms with Gasteiger partial charge in [-0.05, 0) is 38.0 Å². The fourth-order valence-corrected chi connectivity index (χ4v) is 1.99. The molecule has 0 saturated carbocycles. The van der Waals surface area contributed by atoms with Crippen molar-refractivity contribution in [3.8, 4) is 0 Å². The van der Waals surface area contributed by atoms with Crippen molar-refractivity contribution in [3.63, 3.8) is 0 Å². The number of nitrogens with one attached hydrogen (secondary N) is 1. The second kappa shape index (κ2) is 5.19. The van der Waals surface area contributed by atoms with E-state index in [2.05, 4.69) is 19.2 Å². The van der Waals surface area contributed by atoms with Crippen molar-refractivity contribution in [2.24, 2.45) is 7.05 Å². The van der Waals surface area contributed by atoms with Crippen LogP contribution in [0.3, 0.4) is 0 Å². The monoisotopic (exact) mass is 264 g/mol. The van der Waals surface area contributed by atoms with Crippen LogP contribution in [0.15, 0.2) is 27.4 Å². The first-order chi connectivity index (χ1) is 8.93. The summed E-state index contributed by atoms with van der Waals surface area (Å²) in [6, 6.07) is 5.70. The Morgan fingerprint density at radius 2 is 2.16 bits per heavy atom. The molecule has 19 heavy (non-hydrogen) atoms. The van der Waals surface area contributed by atoms with Gasteiger partial charge >= 0.3 is 5.76 Å². The summed E-state index contributed by atoms with van der Waals surface area (Å²) in [4.78, 5) is 11.4. The first kappa shape index (κ1) is 13.8. The smallest absolute Gasteiger partial charge is 0.408 e. The van der Waals surface area contributed by atoms with Crippen LogP contribution < -0.4 is 11.1 Å². The maximum Gasteiger partial charge on any atom is 0.419 e. The van der Waals surface area contributed by atoms with E-state index in [0.717, 1.165) is 11.1 Å². The zero-order valence-electron chi connectivity index (χ0n) is 11.6. The summed E-state index contributed by atoms with van der Waals surface area (Å²) in [5, 5.41) is 12.4. The van der Waals surface area contributed by atoms with Gasteiger partial charge in [-0.15, -0.1) is 0 Å². The highest BCUT2D eigenvalue weighted by Crippen LogP contribution is 2.15. The second-order valence-electron chi connectivity index (χ2n) is 5.44. The average molecular weight is 264 g/mol. The number of oxazole rings is 1. The lowest BCUT2D eigenvalue weighted by Crippen LogP contribution is -2.39. The fraction of sp³-hybridized carbons (Fsp3) is 0.500. The molecule has 1 aromatic heterocycles. The normalized spacial score (nSPS) is 12.2. The van der Waals surface area contributed by atoms with Crippen LogP contribution in [0.4, 0.5) is 0 Å². The van der Waals surface area contributed by atoms with E-state index in [1.54, 1.807) is 7.05 Å². The van der Waals surface area contributed by atoms with Crippen molar-refractivity contribution in [2.75, 3.05) is 6.61 Å². The molecule has 0 spiro atoms. The summed E-state index contributed by atoms with van der Waals surface area (Å²) in [5.41, 5.74) is 2.36. The van der Waals surface area contributed by atoms with E-state index in [1.165, 1.54) is 4.57 Å². The third-order valence-corrected chi connectivity index (χ3v) is 3.36. The number of aryl methyl sites for hydroxylation is 1. The first-order valence-corrected chi connectivity index (χ1v) is 6.37. The standard InChI is InChI=1S/C14H20N2O3/c1-14(2,6-7-17)15-9-10-4-5-12-11(8-10)16(3)13(18)19-12/h4-5,8,15,17H,6-7,9H2,1-3H3. The number of nitrogens with zero attached hydrogens (tertiary/aromatic N) is 1. The molecule has 5 heteroatoms. The molecule has 0 aliphatic rings. The highest BCUT2D eigenvalue weighted by Gasteiger charge is 2.16. The molecule has 0 saturated heterocycles. The molecule has 1 aromatic carbocycles. The van der Waals surface area contributed by atoms with Crippen molar-refractivity contribution in [1.82, 2.24) is 9.88 Å². The molecule has 5 nitrogen and oxygen atoms in total.